The van der Waals surface area contributed by atoms with E-state index in [2.05, 4.69) is 22.2 Å². The number of aromatic nitrogens is 3. The first-order chi connectivity index (χ1) is 8.93. The minimum atomic E-state index is 0.974. The van der Waals surface area contributed by atoms with Gasteiger partial charge in [0.05, 0.1) is 6.20 Å². The summed E-state index contributed by atoms with van der Waals surface area (Å²) in [5, 5.41) is 4.52. The normalized spacial score (nSPS) is 14.0. The molecule has 88 valence electrons. The van der Waals surface area contributed by atoms with Gasteiger partial charge >= 0.3 is 0 Å². The van der Waals surface area contributed by atoms with Gasteiger partial charge in [-0.1, -0.05) is 30.3 Å². The predicted octanol–water partition coefficient (Wildman–Crippen LogP) is 2.89. The van der Waals surface area contributed by atoms with Crippen molar-refractivity contribution in [1.82, 2.24) is 14.6 Å². The van der Waals surface area contributed by atoms with Crippen LogP contribution >= 0.6 is 0 Å². The molecule has 0 atom stereocenters. The van der Waals surface area contributed by atoms with Crippen molar-refractivity contribution >= 4 is 5.65 Å². The molecule has 0 N–H and O–H groups in total. The molecule has 2 aromatic heterocycles. The highest BCUT2D eigenvalue weighted by Crippen LogP contribution is 2.27. The van der Waals surface area contributed by atoms with E-state index in [1.165, 1.54) is 23.2 Å². The Bertz CT molecular complexity index is 713. The number of benzene rings is 1. The molecular weight excluding hydrogens is 222 g/mol. The lowest BCUT2D eigenvalue weighted by Crippen LogP contribution is -1.99. The Labute approximate surface area is 105 Å². The predicted molar refractivity (Wildman–Crippen MR) is 70.4 cm³/mol. The molecule has 1 aliphatic rings. The highest BCUT2D eigenvalue weighted by atomic mass is 15.3. The molecule has 3 nitrogen and oxygen atoms in total. The zero-order valence-corrected chi connectivity index (χ0v) is 10.0. The molecule has 0 aliphatic heterocycles. The van der Waals surface area contributed by atoms with Gasteiger partial charge < -0.3 is 0 Å². The second-order valence-corrected chi connectivity index (χ2v) is 4.74. The van der Waals surface area contributed by atoms with Crippen LogP contribution in [0.5, 0.6) is 0 Å². The van der Waals surface area contributed by atoms with E-state index in [0.717, 1.165) is 24.1 Å². The molecule has 0 bridgehead atoms. The summed E-state index contributed by atoms with van der Waals surface area (Å²) in [4.78, 5) is 4.59. The van der Waals surface area contributed by atoms with E-state index in [1.54, 1.807) is 0 Å². The van der Waals surface area contributed by atoms with Crippen molar-refractivity contribution in [2.75, 3.05) is 0 Å². The molecule has 4 rings (SSSR count). The SMILES string of the molecule is c1ccc(-c2cnn3c4c(cnc23)CCC4)cc1. The van der Waals surface area contributed by atoms with Gasteiger partial charge in [0, 0.05) is 17.5 Å². The highest BCUT2D eigenvalue weighted by Gasteiger charge is 2.17. The first kappa shape index (κ1) is 9.83. The van der Waals surface area contributed by atoms with Gasteiger partial charge in [0.1, 0.15) is 0 Å². The van der Waals surface area contributed by atoms with Crippen LogP contribution in [0.1, 0.15) is 17.7 Å². The van der Waals surface area contributed by atoms with Crippen molar-refractivity contribution in [2.45, 2.75) is 19.3 Å². The summed E-state index contributed by atoms with van der Waals surface area (Å²) in [5.41, 5.74) is 5.96. The summed E-state index contributed by atoms with van der Waals surface area (Å²) >= 11 is 0. The fourth-order valence-electron chi connectivity index (χ4n) is 2.76. The van der Waals surface area contributed by atoms with Crippen molar-refractivity contribution in [3.63, 3.8) is 0 Å². The van der Waals surface area contributed by atoms with E-state index in [1.807, 2.05) is 35.1 Å². The maximum atomic E-state index is 4.59. The van der Waals surface area contributed by atoms with Crippen LogP contribution in [0.15, 0.2) is 42.7 Å². The lowest BCUT2D eigenvalue weighted by molar-refractivity contribution is 0.837. The first-order valence-corrected chi connectivity index (χ1v) is 6.33. The van der Waals surface area contributed by atoms with Gasteiger partial charge in [-0.2, -0.15) is 5.10 Å². The lowest BCUT2D eigenvalue weighted by Gasteiger charge is -2.03. The zero-order valence-electron chi connectivity index (χ0n) is 10.0. The average Bonchev–Trinajstić information content (AvgIpc) is 3.05. The Morgan fingerprint density at radius 3 is 2.78 bits per heavy atom. The molecule has 0 amide bonds. The van der Waals surface area contributed by atoms with E-state index in [4.69, 9.17) is 0 Å². The van der Waals surface area contributed by atoms with Crippen LogP contribution in [0, 0.1) is 0 Å². The van der Waals surface area contributed by atoms with Gasteiger partial charge in [-0.25, -0.2) is 9.50 Å². The smallest absolute Gasteiger partial charge is 0.163 e. The molecule has 0 spiro atoms. The van der Waals surface area contributed by atoms with E-state index < -0.39 is 0 Å². The van der Waals surface area contributed by atoms with Crippen LogP contribution in [0.4, 0.5) is 0 Å². The fraction of sp³-hybridized carbons (Fsp3) is 0.200. The highest BCUT2D eigenvalue weighted by molar-refractivity contribution is 5.77. The molecule has 3 heteroatoms. The van der Waals surface area contributed by atoms with Crippen molar-refractivity contribution in [2.24, 2.45) is 0 Å². The first-order valence-electron chi connectivity index (χ1n) is 6.33. The Morgan fingerprint density at radius 2 is 1.89 bits per heavy atom. The number of fused-ring (bicyclic) bond motifs is 3. The molecule has 1 aliphatic carbocycles. The minimum Gasteiger partial charge on any atom is -0.236 e. The van der Waals surface area contributed by atoms with Gasteiger partial charge in [0.15, 0.2) is 5.65 Å². The van der Waals surface area contributed by atoms with E-state index in [9.17, 15) is 0 Å². The molecule has 0 saturated carbocycles. The molecule has 18 heavy (non-hydrogen) atoms. The van der Waals surface area contributed by atoms with Crippen molar-refractivity contribution in [3.05, 3.63) is 54.0 Å². The maximum absolute atomic E-state index is 4.59. The van der Waals surface area contributed by atoms with Crippen molar-refractivity contribution < 1.29 is 0 Å². The second kappa shape index (κ2) is 3.67. The monoisotopic (exact) mass is 235 g/mol. The zero-order chi connectivity index (χ0) is 11.9. The quantitative estimate of drug-likeness (QED) is 0.649. The molecule has 3 aromatic rings. The summed E-state index contributed by atoms with van der Waals surface area (Å²) < 4.78 is 2.02. The van der Waals surface area contributed by atoms with Crippen LogP contribution in [0.25, 0.3) is 16.8 Å². The maximum Gasteiger partial charge on any atom is 0.163 e. The fourth-order valence-corrected chi connectivity index (χ4v) is 2.76. The molecule has 1 aromatic carbocycles. The molecular formula is C15H13N3. The van der Waals surface area contributed by atoms with Gasteiger partial charge in [0.25, 0.3) is 0 Å². The molecule has 0 radical (unpaired) electrons. The van der Waals surface area contributed by atoms with Crippen LogP contribution in [-0.4, -0.2) is 14.6 Å². The molecule has 2 heterocycles. The number of rotatable bonds is 1. The Morgan fingerprint density at radius 1 is 1.00 bits per heavy atom. The minimum absolute atomic E-state index is 0.974. The topological polar surface area (TPSA) is 30.2 Å². The Balaban J connectivity index is 1.99. The van der Waals surface area contributed by atoms with Gasteiger partial charge in [-0.15, -0.1) is 0 Å². The Kier molecular flexibility index (Phi) is 2.00. The van der Waals surface area contributed by atoms with Gasteiger partial charge in [-0.05, 0) is 30.4 Å². The third-order valence-electron chi connectivity index (χ3n) is 3.66. The average molecular weight is 235 g/mol. The lowest BCUT2D eigenvalue weighted by atomic mass is 10.1. The van der Waals surface area contributed by atoms with Gasteiger partial charge in [-0.3, -0.25) is 0 Å². The van der Waals surface area contributed by atoms with Crippen LogP contribution in [-0.2, 0) is 12.8 Å². The van der Waals surface area contributed by atoms with Crippen molar-refractivity contribution in [3.8, 4) is 11.1 Å². The molecule has 0 fully saturated rings. The number of aryl methyl sites for hydroxylation is 2. The third-order valence-corrected chi connectivity index (χ3v) is 3.66. The van der Waals surface area contributed by atoms with E-state index in [-0.39, 0.29) is 0 Å². The number of hydrogen-bond acceptors (Lipinski definition) is 2. The summed E-state index contributed by atoms with van der Waals surface area (Å²) in [6.07, 6.45) is 7.42. The summed E-state index contributed by atoms with van der Waals surface area (Å²) in [6.45, 7) is 0. The number of hydrogen-bond donors (Lipinski definition) is 0. The Hall–Kier alpha value is -2.16. The summed E-state index contributed by atoms with van der Waals surface area (Å²) in [7, 11) is 0. The van der Waals surface area contributed by atoms with Crippen LogP contribution in [0.3, 0.4) is 0 Å². The summed E-state index contributed by atoms with van der Waals surface area (Å²) in [6, 6.07) is 10.3. The van der Waals surface area contributed by atoms with Crippen LogP contribution in [0.2, 0.25) is 0 Å². The van der Waals surface area contributed by atoms with Crippen molar-refractivity contribution in [1.29, 1.82) is 0 Å². The van der Waals surface area contributed by atoms with E-state index in [0.29, 0.717) is 0 Å². The standard InChI is InChI=1S/C15H13N3/c1-2-5-11(6-3-1)13-10-17-18-14-8-4-7-12(14)9-16-15(13)18/h1-3,5-6,9-10H,4,7-8H2. The van der Waals surface area contributed by atoms with Gasteiger partial charge in [0.2, 0.25) is 0 Å². The summed E-state index contributed by atoms with van der Waals surface area (Å²) in [5.74, 6) is 0. The largest absolute Gasteiger partial charge is 0.236 e. The molecule has 0 saturated heterocycles. The second-order valence-electron chi connectivity index (χ2n) is 4.74. The van der Waals surface area contributed by atoms with E-state index >= 15 is 0 Å². The van der Waals surface area contributed by atoms with Crippen LogP contribution < -0.4 is 0 Å². The molecule has 0 unspecified atom stereocenters. The third kappa shape index (κ3) is 1.30. The number of nitrogens with zero attached hydrogens (tertiary/aromatic N) is 3.